The predicted molar refractivity (Wildman–Crippen MR) is 101 cm³/mol. The highest BCUT2D eigenvalue weighted by Crippen LogP contribution is 2.23. The number of aromatic nitrogens is 2. The number of halogens is 1. The van der Waals surface area contributed by atoms with Gasteiger partial charge in [0, 0.05) is 30.9 Å². The molecule has 0 amide bonds. The highest BCUT2D eigenvalue weighted by Gasteiger charge is 2.33. The maximum absolute atomic E-state index is 13.0. The molecule has 3 rings (SSSR count). The van der Waals surface area contributed by atoms with Gasteiger partial charge >= 0.3 is 0 Å². The average molecular weight is 378 g/mol. The summed E-state index contributed by atoms with van der Waals surface area (Å²) in [6.07, 6.45) is 0.603. The molecule has 1 aromatic heterocycles. The fourth-order valence-electron chi connectivity index (χ4n) is 3.15. The van der Waals surface area contributed by atoms with E-state index in [0.717, 1.165) is 11.3 Å². The third-order valence-corrected chi connectivity index (χ3v) is 6.23. The molecule has 2 aromatic rings. The highest BCUT2D eigenvalue weighted by atomic mass is 32.2. The fourth-order valence-corrected chi connectivity index (χ4v) is 4.88. The van der Waals surface area contributed by atoms with Crippen LogP contribution in [0.5, 0.6) is 0 Å². The van der Waals surface area contributed by atoms with Gasteiger partial charge in [0.2, 0.25) is 5.95 Å². The Morgan fingerprint density at radius 1 is 1.27 bits per heavy atom. The van der Waals surface area contributed by atoms with E-state index in [1.54, 1.807) is 12.1 Å². The standard InChI is InChI=1S/C18H23FN4O2S/c1-3-23(16-8-9-26(24,25)12-16)18-21-13(2)10-17(22-18)20-11-14-4-6-15(19)7-5-14/h4-7,10,16H,3,8-9,11-12H2,1-2H3,(H,20,21,22). The second kappa shape index (κ2) is 7.57. The third kappa shape index (κ3) is 4.49. The molecule has 2 heterocycles. The van der Waals surface area contributed by atoms with E-state index in [9.17, 15) is 12.8 Å². The second-order valence-corrected chi connectivity index (χ2v) is 8.75. The van der Waals surface area contributed by atoms with Gasteiger partial charge in [-0.25, -0.2) is 17.8 Å². The summed E-state index contributed by atoms with van der Waals surface area (Å²) >= 11 is 0. The summed E-state index contributed by atoms with van der Waals surface area (Å²) in [5.41, 5.74) is 1.74. The molecule has 1 unspecified atom stereocenters. The molecule has 0 saturated carbocycles. The van der Waals surface area contributed by atoms with Gasteiger partial charge in [-0.1, -0.05) is 12.1 Å². The van der Waals surface area contributed by atoms with E-state index in [2.05, 4.69) is 15.3 Å². The van der Waals surface area contributed by atoms with Crippen LogP contribution in [0.4, 0.5) is 16.2 Å². The molecule has 8 heteroatoms. The number of anilines is 2. The molecule has 1 N–H and O–H groups in total. The Morgan fingerprint density at radius 2 is 2.00 bits per heavy atom. The molecule has 1 fully saturated rings. The summed E-state index contributed by atoms with van der Waals surface area (Å²) in [7, 11) is -2.97. The van der Waals surface area contributed by atoms with Gasteiger partial charge in [-0.15, -0.1) is 0 Å². The lowest BCUT2D eigenvalue weighted by Crippen LogP contribution is -2.37. The molecular weight excluding hydrogens is 355 g/mol. The van der Waals surface area contributed by atoms with Gasteiger partial charge in [0.15, 0.2) is 9.84 Å². The zero-order valence-corrected chi connectivity index (χ0v) is 15.8. The fraction of sp³-hybridized carbons (Fsp3) is 0.444. The molecule has 0 bridgehead atoms. The monoisotopic (exact) mass is 378 g/mol. The minimum absolute atomic E-state index is 0.0863. The van der Waals surface area contributed by atoms with Crippen LogP contribution in [0.3, 0.4) is 0 Å². The molecule has 6 nitrogen and oxygen atoms in total. The second-order valence-electron chi connectivity index (χ2n) is 6.52. The van der Waals surface area contributed by atoms with Crippen LogP contribution in [0, 0.1) is 12.7 Å². The molecule has 26 heavy (non-hydrogen) atoms. The highest BCUT2D eigenvalue weighted by molar-refractivity contribution is 7.91. The van der Waals surface area contributed by atoms with Crippen LogP contribution < -0.4 is 10.2 Å². The summed E-state index contributed by atoms with van der Waals surface area (Å²) in [4.78, 5) is 11.0. The van der Waals surface area contributed by atoms with E-state index in [-0.39, 0.29) is 23.4 Å². The van der Waals surface area contributed by atoms with E-state index < -0.39 is 9.84 Å². The van der Waals surface area contributed by atoms with Crippen molar-refractivity contribution in [3.63, 3.8) is 0 Å². The van der Waals surface area contributed by atoms with Crippen LogP contribution >= 0.6 is 0 Å². The van der Waals surface area contributed by atoms with Crippen LogP contribution in [-0.2, 0) is 16.4 Å². The van der Waals surface area contributed by atoms with Crippen LogP contribution in [-0.4, -0.2) is 42.5 Å². The van der Waals surface area contributed by atoms with Crippen molar-refractivity contribution >= 4 is 21.6 Å². The van der Waals surface area contributed by atoms with Crippen molar-refractivity contribution in [1.82, 2.24) is 9.97 Å². The van der Waals surface area contributed by atoms with Crippen LogP contribution in [0.25, 0.3) is 0 Å². The van der Waals surface area contributed by atoms with E-state index in [0.29, 0.717) is 31.3 Å². The number of hydrogen-bond acceptors (Lipinski definition) is 6. The Bertz CT molecular complexity index is 871. The van der Waals surface area contributed by atoms with Crippen molar-refractivity contribution in [3.8, 4) is 0 Å². The normalized spacial score (nSPS) is 18.7. The number of rotatable bonds is 6. The van der Waals surface area contributed by atoms with E-state index >= 15 is 0 Å². The minimum atomic E-state index is -2.97. The average Bonchev–Trinajstić information content (AvgIpc) is 2.94. The molecule has 1 aliphatic heterocycles. The number of nitrogens with one attached hydrogen (secondary N) is 1. The SMILES string of the molecule is CCN(c1nc(C)cc(NCc2ccc(F)cc2)n1)C1CCS(=O)(=O)C1. The van der Waals surface area contributed by atoms with Crippen molar-refractivity contribution in [2.45, 2.75) is 32.9 Å². The Labute approximate surface area is 153 Å². The molecule has 1 aromatic carbocycles. The first-order chi connectivity index (χ1) is 12.4. The van der Waals surface area contributed by atoms with Gasteiger partial charge in [0.25, 0.3) is 0 Å². The number of aryl methyl sites for hydroxylation is 1. The summed E-state index contributed by atoms with van der Waals surface area (Å²) in [6, 6.07) is 8.04. The zero-order chi connectivity index (χ0) is 18.7. The number of nitrogens with zero attached hydrogens (tertiary/aromatic N) is 3. The molecule has 0 aliphatic carbocycles. The largest absolute Gasteiger partial charge is 0.366 e. The van der Waals surface area contributed by atoms with Crippen LogP contribution in [0.1, 0.15) is 24.6 Å². The minimum Gasteiger partial charge on any atom is -0.366 e. The molecule has 0 spiro atoms. The lowest BCUT2D eigenvalue weighted by atomic mass is 10.2. The molecule has 140 valence electrons. The maximum atomic E-state index is 13.0. The first-order valence-corrected chi connectivity index (χ1v) is 10.5. The summed E-state index contributed by atoms with van der Waals surface area (Å²) in [6.45, 7) is 5.01. The number of sulfone groups is 1. The van der Waals surface area contributed by atoms with Crippen molar-refractivity contribution in [3.05, 3.63) is 47.4 Å². The molecular formula is C18H23FN4O2S. The predicted octanol–water partition coefficient (Wildman–Crippen LogP) is 2.55. The van der Waals surface area contributed by atoms with Crippen molar-refractivity contribution in [2.75, 3.05) is 28.3 Å². The number of benzene rings is 1. The zero-order valence-electron chi connectivity index (χ0n) is 14.9. The van der Waals surface area contributed by atoms with Crippen molar-refractivity contribution in [1.29, 1.82) is 0 Å². The Balaban J connectivity index is 1.76. The van der Waals surface area contributed by atoms with Gasteiger partial charge in [-0.2, -0.15) is 4.98 Å². The lowest BCUT2D eigenvalue weighted by Gasteiger charge is -2.27. The van der Waals surface area contributed by atoms with Crippen LogP contribution in [0.2, 0.25) is 0 Å². The van der Waals surface area contributed by atoms with E-state index in [1.165, 1.54) is 12.1 Å². The Hall–Kier alpha value is -2.22. The molecule has 0 radical (unpaired) electrons. The first kappa shape index (κ1) is 18.6. The topological polar surface area (TPSA) is 75.2 Å². The summed E-state index contributed by atoms with van der Waals surface area (Å²) in [5.74, 6) is 1.30. The maximum Gasteiger partial charge on any atom is 0.227 e. The summed E-state index contributed by atoms with van der Waals surface area (Å²) < 4.78 is 36.6. The summed E-state index contributed by atoms with van der Waals surface area (Å²) in [5, 5.41) is 3.23. The quantitative estimate of drug-likeness (QED) is 0.833. The smallest absolute Gasteiger partial charge is 0.227 e. The van der Waals surface area contributed by atoms with Gasteiger partial charge in [-0.05, 0) is 38.0 Å². The molecule has 1 atom stereocenters. The first-order valence-electron chi connectivity index (χ1n) is 8.67. The Kier molecular flexibility index (Phi) is 5.41. The van der Waals surface area contributed by atoms with Gasteiger partial charge in [0.05, 0.1) is 11.5 Å². The van der Waals surface area contributed by atoms with Gasteiger partial charge in [-0.3, -0.25) is 0 Å². The van der Waals surface area contributed by atoms with Crippen molar-refractivity contribution in [2.24, 2.45) is 0 Å². The Morgan fingerprint density at radius 3 is 2.62 bits per heavy atom. The number of hydrogen-bond donors (Lipinski definition) is 1. The third-order valence-electron chi connectivity index (χ3n) is 4.48. The van der Waals surface area contributed by atoms with Gasteiger partial charge in [0.1, 0.15) is 11.6 Å². The lowest BCUT2D eigenvalue weighted by molar-refractivity contribution is 0.599. The molecule has 1 saturated heterocycles. The van der Waals surface area contributed by atoms with Gasteiger partial charge < -0.3 is 10.2 Å². The van der Waals surface area contributed by atoms with E-state index in [1.807, 2.05) is 24.8 Å². The van der Waals surface area contributed by atoms with E-state index in [4.69, 9.17) is 0 Å². The molecule has 1 aliphatic rings. The van der Waals surface area contributed by atoms with Crippen LogP contribution in [0.15, 0.2) is 30.3 Å². The van der Waals surface area contributed by atoms with Crippen molar-refractivity contribution < 1.29 is 12.8 Å².